The number of primary sulfonamides is 1. The molecule has 26 heavy (non-hydrogen) atoms. The zero-order valence-electron chi connectivity index (χ0n) is 14.4. The Kier molecular flexibility index (Phi) is 4.75. The molecular formula is C17H19N5O3S. The summed E-state index contributed by atoms with van der Waals surface area (Å²) in [5, 5.41) is 12.1. The third-order valence-electron chi connectivity index (χ3n) is 3.97. The summed E-state index contributed by atoms with van der Waals surface area (Å²) in [6.07, 6.45) is 2.06. The Hall–Kier alpha value is -2.78. The van der Waals surface area contributed by atoms with Gasteiger partial charge >= 0.3 is 0 Å². The van der Waals surface area contributed by atoms with Crippen LogP contribution in [-0.2, 0) is 16.4 Å². The number of carbonyl (C=O) groups is 1. The molecule has 3 aromatic rings. The molecule has 0 bridgehead atoms. The van der Waals surface area contributed by atoms with Crippen molar-refractivity contribution < 1.29 is 13.2 Å². The van der Waals surface area contributed by atoms with Crippen molar-refractivity contribution in [3.63, 3.8) is 0 Å². The van der Waals surface area contributed by atoms with Crippen LogP contribution >= 0.6 is 0 Å². The van der Waals surface area contributed by atoms with Crippen molar-refractivity contribution in [2.75, 3.05) is 6.54 Å². The van der Waals surface area contributed by atoms with Gasteiger partial charge < -0.3 is 5.32 Å². The summed E-state index contributed by atoms with van der Waals surface area (Å²) in [5.74, 6) is -0.251. The number of amides is 1. The van der Waals surface area contributed by atoms with Gasteiger partial charge in [0.1, 0.15) is 5.56 Å². The number of sulfonamides is 1. The lowest BCUT2D eigenvalue weighted by Crippen LogP contribution is -2.25. The lowest BCUT2D eigenvalue weighted by atomic mass is 10.1. The first kappa shape index (κ1) is 18.0. The van der Waals surface area contributed by atoms with Gasteiger partial charge in [-0.2, -0.15) is 5.10 Å². The number of fused-ring (bicyclic) bond motifs is 1. The highest BCUT2D eigenvalue weighted by atomic mass is 32.2. The zero-order valence-corrected chi connectivity index (χ0v) is 15.2. The second-order valence-corrected chi connectivity index (χ2v) is 7.59. The molecule has 0 saturated heterocycles. The Balaban J connectivity index is 1.66. The van der Waals surface area contributed by atoms with Crippen LogP contribution in [0.2, 0.25) is 0 Å². The predicted octanol–water partition coefficient (Wildman–Crippen LogP) is 0.966. The number of nitrogens with one attached hydrogen (secondary N) is 1. The molecule has 8 nitrogen and oxygen atoms in total. The van der Waals surface area contributed by atoms with Gasteiger partial charge in [-0.15, -0.1) is 0 Å². The molecule has 0 atom stereocenters. The fraction of sp³-hybridized carbons (Fsp3) is 0.235. The molecule has 2 aromatic heterocycles. The molecule has 3 rings (SSSR count). The summed E-state index contributed by atoms with van der Waals surface area (Å²) < 4.78 is 24.1. The van der Waals surface area contributed by atoms with Gasteiger partial charge in [0.2, 0.25) is 10.0 Å². The largest absolute Gasteiger partial charge is 0.352 e. The molecule has 1 aromatic carbocycles. The minimum Gasteiger partial charge on any atom is -0.352 e. The molecule has 1 amide bonds. The lowest BCUT2D eigenvalue weighted by Gasteiger charge is -2.06. The maximum atomic E-state index is 12.4. The molecule has 0 spiro atoms. The highest BCUT2D eigenvalue weighted by molar-refractivity contribution is 7.89. The number of nitrogens with two attached hydrogens (primary N) is 1. The number of aryl methyl sites for hydroxylation is 2. The first-order valence-corrected chi connectivity index (χ1v) is 9.52. The van der Waals surface area contributed by atoms with Gasteiger partial charge in [-0.05, 0) is 44.0 Å². The van der Waals surface area contributed by atoms with Crippen molar-refractivity contribution in [2.24, 2.45) is 5.14 Å². The summed E-state index contributed by atoms with van der Waals surface area (Å²) in [5.41, 5.74) is 3.56. The summed E-state index contributed by atoms with van der Waals surface area (Å²) in [6.45, 7) is 4.17. The van der Waals surface area contributed by atoms with Gasteiger partial charge in [-0.1, -0.05) is 12.1 Å². The Morgan fingerprint density at radius 2 is 1.92 bits per heavy atom. The van der Waals surface area contributed by atoms with E-state index in [0.717, 1.165) is 17.0 Å². The number of aromatic nitrogens is 3. The van der Waals surface area contributed by atoms with Crippen LogP contribution in [-0.4, -0.2) is 35.5 Å². The zero-order chi connectivity index (χ0) is 18.9. The molecule has 9 heteroatoms. The molecule has 136 valence electrons. The van der Waals surface area contributed by atoms with Crippen molar-refractivity contribution in [3.05, 3.63) is 59.0 Å². The smallest absolute Gasteiger partial charge is 0.256 e. The number of rotatable bonds is 5. The average molecular weight is 373 g/mol. The minimum atomic E-state index is -3.70. The quantitative estimate of drug-likeness (QED) is 0.690. The van der Waals surface area contributed by atoms with Gasteiger partial charge in [-0.3, -0.25) is 4.79 Å². The van der Waals surface area contributed by atoms with Crippen molar-refractivity contribution >= 4 is 21.6 Å². The maximum Gasteiger partial charge on any atom is 0.256 e. The van der Waals surface area contributed by atoms with E-state index < -0.39 is 10.0 Å². The fourth-order valence-corrected chi connectivity index (χ4v) is 3.21. The second kappa shape index (κ2) is 6.85. The molecular weight excluding hydrogens is 354 g/mol. The van der Waals surface area contributed by atoms with Crippen LogP contribution in [0.4, 0.5) is 0 Å². The van der Waals surface area contributed by atoms with Crippen LogP contribution in [0.25, 0.3) is 5.65 Å². The van der Waals surface area contributed by atoms with E-state index in [9.17, 15) is 13.2 Å². The molecule has 0 radical (unpaired) electrons. The molecule has 0 aliphatic carbocycles. The summed E-state index contributed by atoms with van der Waals surface area (Å²) in [7, 11) is -3.70. The van der Waals surface area contributed by atoms with E-state index in [4.69, 9.17) is 5.14 Å². The van der Waals surface area contributed by atoms with Gasteiger partial charge in [0, 0.05) is 17.9 Å². The van der Waals surface area contributed by atoms with Crippen LogP contribution in [0.5, 0.6) is 0 Å². The molecule has 0 fully saturated rings. The first-order valence-electron chi connectivity index (χ1n) is 7.97. The van der Waals surface area contributed by atoms with Crippen molar-refractivity contribution in [1.82, 2.24) is 19.9 Å². The van der Waals surface area contributed by atoms with E-state index in [2.05, 4.69) is 15.4 Å². The topological polar surface area (TPSA) is 119 Å². The average Bonchev–Trinajstić information content (AvgIpc) is 2.98. The third-order valence-corrected chi connectivity index (χ3v) is 4.90. The number of benzene rings is 1. The Morgan fingerprint density at radius 3 is 2.58 bits per heavy atom. The number of hydrogen-bond donors (Lipinski definition) is 2. The van der Waals surface area contributed by atoms with Gasteiger partial charge in [0.15, 0.2) is 5.65 Å². The highest BCUT2D eigenvalue weighted by Crippen LogP contribution is 2.12. The van der Waals surface area contributed by atoms with Crippen LogP contribution < -0.4 is 10.5 Å². The van der Waals surface area contributed by atoms with E-state index >= 15 is 0 Å². The molecule has 0 saturated carbocycles. The van der Waals surface area contributed by atoms with Gasteiger partial charge in [-0.25, -0.2) is 23.1 Å². The second-order valence-electron chi connectivity index (χ2n) is 6.03. The normalized spacial score (nSPS) is 11.7. The standard InChI is InChI=1S/C17H19N5O3S/c1-11-9-12(2)22-16(21-11)15(10-20-22)17(23)19-8-7-13-3-5-14(6-4-13)26(18,24)25/h3-6,9-10H,7-8H2,1-2H3,(H,19,23)(H2,18,24,25). The monoisotopic (exact) mass is 373 g/mol. The third kappa shape index (κ3) is 3.73. The van der Waals surface area contributed by atoms with Crippen molar-refractivity contribution in [2.45, 2.75) is 25.2 Å². The molecule has 0 aliphatic heterocycles. The van der Waals surface area contributed by atoms with Crippen LogP contribution in [0, 0.1) is 13.8 Å². The number of hydrogen-bond acceptors (Lipinski definition) is 5. The van der Waals surface area contributed by atoms with Gasteiger partial charge in [0.05, 0.1) is 11.1 Å². The van der Waals surface area contributed by atoms with Crippen molar-refractivity contribution in [3.8, 4) is 0 Å². The highest BCUT2D eigenvalue weighted by Gasteiger charge is 2.15. The molecule has 2 heterocycles. The van der Waals surface area contributed by atoms with Crippen LogP contribution in [0.1, 0.15) is 27.3 Å². The maximum absolute atomic E-state index is 12.4. The summed E-state index contributed by atoms with van der Waals surface area (Å²) in [4.78, 5) is 16.9. The van der Waals surface area contributed by atoms with Crippen LogP contribution in [0.15, 0.2) is 41.4 Å². The molecule has 0 aliphatic rings. The van der Waals surface area contributed by atoms with E-state index in [-0.39, 0.29) is 10.8 Å². The predicted molar refractivity (Wildman–Crippen MR) is 96.3 cm³/mol. The SMILES string of the molecule is Cc1cc(C)n2ncc(C(=O)NCCc3ccc(S(N)(=O)=O)cc3)c2n1. The van der Waals surface area contributed by atoms with E-state index in [1.807, 2.05) is 19.9 Å². The van der Waals surface area contributed by atoms with Gasteiger partial charge in [0.25, 0.3) is 5.91 Å². The van der Waals surface area contributed by atoms with E-state index in [1.54, 1.807) is 16.6 Å². The number of nitrogens with zero attached hydrogens (tertiary/aromatic N) is 3. The van der Waals surface area contributed by atoms with Crippen LogP contribution in [0.3, 0.4) is 0 Å². The lowest BCUT2D eigenvalue weighted by molar-refractivity contribution is 0.0955. The first-order chi connectivity index (χ1) is 12.3. The Labute approximate surface area is 151 Å². The minimum absolute atomic E-state index is 0.0634. The Bertz CT molecular complexity index is 1070. The molecule has 0 unspecified atom stereocenters. The van der Waals surface area contributed by atoms with Crippen molar-refractivity contribution in [1.29, 1.82) is 0 Å². The molecule has 3 N–H and O–H groups in total. The number of carbonyl (C=O) groups excluding carboxylic acids is 1. The summed E-state index contributed by atoms with van der Waals surface area (Å²) >= 11 is 0. The Morgan fingerprint density at radius 1 is 1.23 bits per heavy atom. The van der Waals surface area contributed by atoms with E-state index in [1.165, 1.54) is 18.3 Å². The fourth-order valence-electron chi connectivity index (χ4n) is 2.69. The summed E-state index contributed by atoms with van der Waals surface area (Å²) in [6, 6.07) is 8.15. The van der Waals surface area contributed by atoms with E-state index in [0.29, 0.717) is 24.2 Å².